The van der Waals surface area contributed by atoms with Gasteiger partial charge in [-0.05, 0) is 56.5 Å². The number of carbonyl (C=O) groups excluding carboxylic acids is 2. The van der Waals surface area contributed by atoms with Gasteiger partial charge in [-0.2, -0.15) is 0 Å². The third-order valence-corrected chi connectivity index (χ3v) is 6.97. The van der Waals surface area contributed by atoms with Crippen molar-refractivity contribution in [1.29, 1.82) is 0 Å². The third-order valence-electron chi connectivity index (χ3n) is 5.78. The number of carbonyl (C=O) groups is 2. The zero-order valence-electron chi connectivity index (χ0n) is 21.8. The average molecular weight is 518 g/mol. The molecule has 198 valence electrons. The Balaban J connectivity index is 2.10. The lowest BCUT2D eigenvalue weighted by Gasteiger charge is -2.29. The molecule has 2 amide bonds. The summed E-state index contributed by atoms with van der Waals surface area (Å²) in [4.78, 5) is 27.6. The Bertz CT molecular complexity index is 1060. The highest BCUT2D eigenvalue weighted by atomic mass is 32.2. The van der Waals surface area contributed by atoms with E-state index >= 15 is 0 Å². The van der Waals surface area contributed by atoms with Crippen molar-refractivity contribution in [3.8, 4) is 5.75 Å². The number of sulfonamides is 1. The van der Waals surface area contributed by atoms with Gasteiger partial charge in [0.25, 0.3) is 0 Å². The topological polar surface area (TPSA) is 96.0 Å². The van der Waals surface area contributed by atoms with Crippen LogP contribution in [0.1, 0.15) is 52.0 Å². The molecule has 1 N–H and O–H groups in total. The molecule has 0 heterocycles. The molecule has 2 rings (SSSR count). The van der Waals surface area contributed by atoms with Crippen molar-refractivity contribution in [2.24, 2.45) is 0 Å². The fourth-order valence-corrected chi connectivity index (χ4v) is 4.74. The molecular formula is C27H39N3O5S. The number of hydrogen-bond donors (Lipinski definition) is 1. The summed E-state index contributed by atoms with van der Waals surface area (Å²) >= 11 is 0. The maximum atomic E-state index is 13.3. The van der Waals surface area contributed by atoms with Crippen molar-refractivity contribution in [2.75, 3.05) is 30.3 Å². The fourth-order valence-electron chi connectivity index (χ4n) is 3.78. The Morgan fingerprint density at radius 3 is 2.25 bits per heavy atom. The second-order valence-electron chi connectivity index (χ2n) is 8.69. The molecule has 9 heteroatoms. The first-order valence-electron chi connectivity index (χ1n) is 12.5. The van der Waals surface area contributed by atoms with Gasteiger partial charge in [0.05, 0.1) is 18.6 Å². The van der Waals surface area contributed by atoms with E-state index in [9.17, 15) is 18.0 Å². The number of hydrogen-bond acceptors (Lipinski definition) is 5. The van der Waals surface area contributed by atoms with E-state index in [2.05, 4.69) is 5.32 Å². The molecule has 0 fully saturated rings. The lowest BCUT2D eigenvalue weighted by Crippen LogP contribution is -2.47. The van der Waals surface area contributed by atoms with Gasteiger partial charge < -0.3 is 15.0 Å². The Kier molecular flexibility index (Phi) is 11.7. The summed E-state index contributed by atoms with van der Waals surface area (Å²) in [7, 11) is -3.55. The van der Waals surface area contributed by atoms with Crippen LogP contribution >= 0.6 is 0 Å². The van der Waals surface area contributed by atoms with E-state index in [1.807, 2.05) is 44.2 Å². The highest BCUT2D eigenvalue weighted by molar-refractivity contribution is 7.92. The molecule has 0 aliphatic heterocycles. The lowest BCUT2D eigenvalue weighted by atomic mass is 10.1. The van der Waals surface area contributed by atoms with Gasteiger partial charge in [0.1, 0.15) is 11.8 Å². The van der Waals surface area contributed by atoms with Crippen molar-refractivity contribution in [3.63, 3.8) is 0 Å². The summed E-state index contributed by atoms with van der Waals surface area (Å²) < 4.78 is 31.7. The van der Waals surface area contributed by atoms with Crippen LogP contribution in [0.5, 0.6) is 5.75 Å². The lowest BCUT2D eigenvalue weighted by molar-refractivity contribution is -0.140. The predicted molar refractivity (Wildman–Crippen MR) is 143 cm³/mol. The number of amides is 2. The molecule has 0 aliphatic carbocycles. The molecule has 0 radical (unpaired) electrons. The van der Waals surface area contributed by atoms with Gasteiger partial charge in [-0.1, -0.05) is 43.7 Å². The zero-order valence-corrected chi connectivity index (χ0v) is 22.6. The predicted octanol–water partition coefficient (Wildman–Crippen LogP) is 3.97. The van der Waals surface area contributed by atoms with E-state index in [1.165, 1.54) is 4.31 Å². The van der Waals surface area contributed by atoms with Crippen LogP contribution in [0.3, 0.4) is 0 Å². The molecule has 36 heavy (non-hydrogen) atoms. The first kappa shape index (κ1) is 29.2. The van der Waals surface area contributed by atoms with Gasteiger partial charge in [-0.15, -0.1) is 0 Å². The van der Waals surface area contributed by atoms with Crippen LogP contribution in [-0.4, -0.2) is 57.1 Å². The molecule has 1 unspecified atom stereocenters. The molecule has 0 aliphatic rings. The summed E-state index contributed by atoms with van der Waals surface area (Å²) in [5.74, 6) is 0.268. The maximum absolute atomic E-state index is 13.3. The van der Waals surface area contributed by atoms with Crippen molar-refractivity contribution in [3.05, 3.63) is 60.2 Å². The molecular weight excluding hydrogens is 478 g/mol. The van der Waals surface area contributed by atoms with Crippen LogP contribution < -0.4 is 14.4 Å². The third kappa shape index (κ3) is 9.18. The van der Waals surface area contributed by atoms with E-state index in [4.69, 9.17) is 4.74 Å². The van der Waals surface area contributed by atoms with Crippen molar-refractivity contribution in [1.82, 2.24) is 10.2 Å². The smallest absolute Gasteiger partial charge is 0.242 e. The summed E-state index contributed by atoms with van der Waals surface area (Å²) in [6.07, 6.45) is 3.41. The highest BCUT2D eigenvalue weighted by Crippen LogP contribution is 2.22. The van der Waals surface area contributed by atoms with Crippen LogP contribution in [0, 0.1) is 0 Å². The normalized spacial score (nSPS) is 12.0. The zero-order chi connectivity index (χ0) is 26.6. The number of unbranched alkanes of at least 4 members (excludes halogenated alkanes) is 1. The minimum atomic E-state index is -3.55. The molecule has 0 bridgehead atoms. The number of ether oxygens (including phenoxy) is 1. The number of anilines is 1. The van der Waals surface area contributed by atoms with Crippen molar-refractivity contribution < 1.29 is 22.7 Å². The van der Waals surface area contributed by atoms with E-state index in [1.54, 1.807) is 36.1 Å². The van der Waals surface area contributed by atoms with Gasteiger partial charge in [0.15, 0.2) is 0 Å². The Labute approximate surface area is 215 Å². The molecule has 8 nitrogen and oxygen atoms in total. The molecule has 0 spiro atoms. The van der Waals surface area contributed by atoms with Gasteiger partial charge in [-0.3, -0.25) is 13.9 Å². The molecule has 2 aromatic rings. The van der Waals surface area contributed by atoms with E-state index in [0.29, 0.717) is 37.6 Å². The maximum Gasteiger partial charge on any atom is 0.242 e. The van der Waals surface area contributed by atoms with Crippen molar-refractivity contribution in [2.45, 2.75) is 59.0 Å². The number of rotatable bonds is 15. The standard InChI is InChI=1S/C27H39N3O5S/c1-5-7-19-28-27(32)22(3)29(21-23-12-9-8-10-13-23)26(31)14-11-20-30(36(4,33)34)24-15-17-25(18-16-24)35-6-2/h8-10,12-13,15-18,22H,5-7,11,14,19-21H2,1-4H3,(H,28,32). The van der Waals surface area contributed by atoms with Crippen LogP contribution in [0.4, 0.5) is 5.69 Å². The number of benzene rings is 2. The Morgan fingerprint density at radius 1 is 1.00 bits per heavy atom. The fraction of sp³-hybridized carbons (Fsp3) is 0.481. The van der Waals surface area contributed by atoms with E-state index < -0.39 is 16.1 Å². The first-order chi connectivity index (χ1) is 17.2. The molecule has 0 aromatic heterocycles. The largest absolute Gasteiger partial charge is 0.494 e. The molecule has 2 aromatic carbocycles. The monoisotopic (exact) mass is 517 g/mol. The molecule has 0 saturated carbocycles. The molecule has 0 saturated heterocycles. The molecule has 1 atom stereocenters. The summed E-state index contributed by atoms with van der Waals surface area (Å²) in [5.41, 5.74) is 1.43. The Hall–Kier alpha value is -3.07. The summed E-state index contributed by atoms with van der Waals surface area (Å²) in [6, 6.07) is 15.7. The average Bonchev–Trinajstić information content (AvgIpc) is 2.85. The SMILES string of the molecule is CCCCNC(=O)C(C)N(Cc1ccccc1)C(=O)CCCN(c1ccc(OCC)cc1)S(C)(=O)=O. The second kappa shape index (κ2) is 14.5. The number of nitrogens with one attached hydrogen (secondary N) is 1. The summed E-state index contributed by atoms with van der Waals surface area (Å²) in [6.45, 7) is 7.19. The number of nitrogens with zero attached hydrogens (tertiary/aromatic N) is 2. The Morgan fingerprint density at radius 2 is 1.67 bits per heavy atom. The van der Waals surface area contributed by atoms with E-state index in [0.717, 1.165) is 24.7 Å². The van der Waals surface area contributed by atoms with Crippen LogP contribution in [0.25, 0.3) is 0 Å². The summed E-state index contributed by atoms with van der Waals surface area (Å²) in [5, 5.41) is 2.90. The minimum absolute atomic E-state index is 0.114. The van der Waals surface area contributed by atoms with Gasteiger partial charge in [0.2, 0.25) is 21.8 Å². The van der Waals surface area contributed by atoms with Crippen LogP contribution in [-0.2, 0) is 26.2 Å². The van der Waals surface area contributed by atoms with Crippen molar-refractivity contribution >= 4 is 27.5 Å². The van der Waals surface area contributed by atoms with Gasteiger partial charge in [-0.25, -0.2) is 8.42 Å². The first-order valence-corrected chi connectivity index (χ1v) is 14.3. The van der Waals surface area contributed by atoms with Crippen LogP contribution in [0.15, 0.2) is 54.6 Å². The van der Waals surface area contributed by atoms with E-state index in [-0.39, 0.29) is 24.8 Å². The van der Waals surface area contributed by atoms with Gasteiger partial charge in [0, 0.05) is 26.1 Å². The minimum Gasteiger partial charge on any atom is -0.494 e. The highest BCUT2D eigenvalue weighted by Gasteiger charge is 2.26. The second-order valence-corrected chi connectivity index (χ2v) is 10.6. The van der Waals surface area contributed by atoms with Gasteiger partial charge >= 0.3 is 0 Å². The quantitative estimate of drug-likeness (QED) is 0.361. The van der Waals surface area contributed by atoms with Crippen LogP contribution in [0.2, 0.25) is 0 Å².